The van der Waals surface area contributed by atoms with E-state index in [1.807, 2.05) is 6.07 Å². The topological polar surface area (TPSA) is 86.1 Å². The highest BCUT2D eigenvalue weighted by Crippen LogP contribution is 2.16. The monoisotopic (exact) mass is 227 g/mol. The maximum Gasteiger partial charge on any atom is 0.153 e. The highest BCUT2D eigenvalue weighted by Gasteiger charge is 2.06. The van der Waals surface area contributed by atoms with E-state index >= 15 is 0 Å². The lowest BCUT2D eigenvalue weighted by Crippen LogP contribution is -2.23. The number of aromatic nitrogens is 4. The van der Waals surface area contributed by atoms with E-state index in [9.17, 15) is 9.90 Å². The van der Waals surface area contributed by atoms with E-state index in [4.69, 9.17) is 0 Å². The van der Waals surface area contributed by atoms with Gasteiger partial charge < -0.3 is 15.0 Å². The number of carboxylic acid groups (broad SMARTS) is 1. The fourth-order valence-electron chi connectivity index (χ4n) is 1.62. The largest absolute Gasteiger partial charge is 0.543 e. The summed E-state index contributed by atoms with van der Waals surface area (Å²) >= 11 is 0. The van der Waals surface area contributed by atoms with Crippen LogP contribution in [0.4, 0.5) is 0 Å². The number of rotatable bonds is 2. The van der Waals surface area contributed by atoms with Crippen molar-refractivity contribution in [3.05, 3.63) is 42.4 Å². The zero-order valence-corrected chi connectivity index (χ0v) is 8.62. The smallest absolute Gasteiger partial charge is 0.153 e. The molecule has 0 aliphatic carbocycles. The number of carbonyl (C=O) groups is 1. The van der Waals surface area contributed by atoms with Gasteiger partial charge in [0.2, 0.25) is 0 Å². The number of nitrogens with zero attached hydrogens (tertiary/aromatic N) is 3. The van der Waals surface area contributed by atoms with E-state index in [-0.39, 0.29) is 5.69 Å². The predicted molar refractivity (Wildman–Crippen MR) is 57.1 cm³/mol. The van der Waals surface area contributed by atoms with E-state index in [0.717, 1.165) is 5.65 Å². The Balaban J connectivity index is 2.12. The Morgan fingerprint density at radius 1 is 1.24 bits per heavy atom. The maximum atomic E-state index is 10.7. The molecule has 0 fully saturated rings. The molecule has 0 saturated carbocycles. The summed E-state index contributed by atoms with van der Waals surface area (Å²) in [6.07, 6.45) is 3.51. The standard InChI is InChI=1S/C11H8N4O2/c16-11(17)8-3-1-2-7(13-8)9-6-15-10(14-9)4-5-12-15/h1-6,12H,(H,16,17)/p-1. The minimum absolute atomic E-state index is 0.0980. The van der Waals surface area contributed by atoms with Crippen LogP contribution in [0, 0.1) is 0 Å². The Morgan fingerprint density at radius 2 is 2.12 bits per heavy atom. The molecule has 1 N–H and O–H groups in total. The van der Waals surface area contributed by atoms with Gasteiger partial charge in [-0.1, -0.05) is 6.07 Å². The van der Waals surface area contributed by atoms with E-state index in [2.05, 4.69) is 15.1 Å². The van der Waals surface area contributed by atoms with Crippen molar-refractivity contribution in [3.63, 3.8) is 0 Å². The molecule has 0 aliphatic heterocycles. The first kappa shape index (κ1) is 9.59. The summed E-state index contributed by atoms with van der Waals surface area (Å²) in [7, 11) is 0. The van der Waals surface area contributed by atoms with E-state index in [0.29, 0.717) is 11.4 Å². The van der Waals surface area contributed by atoms with Gasteiger partial charge in [-0.2, -0.15) is 0 Å². The summed E-state index contributed by atoms with van der Waals surface area (Å²) in [5, 5.41) is 13.6. The second-order valence-corrected chi connectivity index (χ2v) is 3.51. The second kappa shape index (κ2) is 3.44. The molecule has 0 amide bonds. The van der Waals surface area contributed by atoms with Crippen LogP contribution < -0.4 is 5.11 Å². The number of fused-ring (bicyclic) bond motifs is 1. The van der Waals surface area contributed by atoms with Crippen LogP contribution in [0.25, 0.3) is 17.0 Å². The SMILES string of the molecule is O=C([O-])c1cccc(-c2cn3[nH]ccc3n2)n1. The second-order valence-electron chi connectivity index (χ2n) is 3.51. The summed E-state index contributed by atoms with van der Waals surface area (Å²) in [5.74, 6) is -1.29. The predicted octanol–water partition coefficient (Wildman–Crippen LogP) is 0.0879. The molecule has 0 aliphatic rings. The fraction of sp³-hybridized carbons (Fsp3) is 0. The van der Waals surface area contributed by atoms with Crippen molar-refractivity contribution >= 4 is 11.6 Å². The summed E-state index contributed by atoms with van der Waals surface area (Å²) < 4.78 is 1.72. The van der Waals surface area contributed by atoms with Crippen LogP contribution in [-0.4, -0.2) is 25.6 Å². The first-order valence-corrected chi connectivity index (χ1v) is 4.95. The van der Waals surface area contributed by atoms with Crippen molar-refractivity contribution in [3.8, 4) is 11.4 Å². The highest BCUT2D eigenvalue weighted by atomic mass is 16.4. The normalized spacial score (nSPS) is 10.8. The molecule has 3 aromatic rings. The Bertz CT molecular complexity index is 670. The van der Waals surface area contributed by atoms with Crippen molar-refractivity contribution in [2.24, 2.45) is 0 Å². The molecule has 0 bridgehead atoms. The van der Waals surface area contributed by atoms with Gasteiger partial charge in [-0.25, -0.2) is 14.5 Å². The van der Waals surface area contributed by atoms with Crippen LogP contribution in [0.15, 0.2) is 36.7 Å². The third-order valence-electron chi connectivity index (χ3n) is 2.40. The number of aromatic amines is 1. The zero-order valence-electron chi connectivity index (χ0n) is 8.62. The van der Waals surface area contributed by atoms with E-state index in [1.165, 1.54) is 6.07 Å². The third-order valence-corrected chi connectivity index (χ3v) is 2.40. The first-order valence-electron chi connectivity index (χ1n) is 4.95. The minimum atomic E-state index is -1.29. The molecule has 0 unspecified atom stereocenters. The summed E-state index contributed by atoms with van der Waals surface area (Å²) in [6, 6.07) is 6.52. The number of carboxylic acids is 1. The van der Waals surface area contributed by atoms with Gasteiger partial charge in [-0.15, -0.1) is 0 Å². The number of imidazole rings is 1. The van der Waals surface area contributed by atoms with Gasteiger partial charge in [0, 0.05) is 12.3 Å². The molecule has 3 rings (SSSR count). The maximum absolute atomic E-state index is 10.7. The Morgan fingerprint density at radius 3 is 2.88 bits per heavy atom. The van der Waals surface area contributed by atoms with Crippen LogP contribution in [0.2, 0.25) is 0 Å². The molecule has 3 aromatic heterocycles. The average molecular weight is 227 g/mol. The molecular weight excluding hydrogens is 220 g/mol. The number of aromatic carboxylic acids is 1. The number of pyridine rings is 1. The average Bonchev–Trinajstić information content (AvgIpc) is 2.89. The van der Waals surface area contributed by atoms with Gasteiger partial charge in [0.05, 0.1) is 23.6 Å². The van der Waals surface area contributed by atoms with Gasteiger partial charge in [-0.3, -0.25) is 0 Å². The summed E-state index contributed by atoms with van der Waals surface area (Å²) in [4.78, 5) is 19.0. The molecule has 0 saturated heterocycles. The van der Waals surface area contributed by atoms with E-state index in [1.54, 1.807) is 29.0 Å². The van der Waals surface area contributed by atoms with Crippen LogP contribution >= 0.6 is 0 Å². The minimum Gasteiger partial charge on any atom is -0.543 e. The molecule has 17 heavy (non-hydrogen) atoms. The van der Waals surface area contributed by atoms with Gasteiger partial charge >= 0.3 is 0 Å². The fourth-order valence-corrected chi connectivity index (χ4v) is 1.62. The molecule has 0 spiro atoms. The van der Waals surface area contributed by atoms with Crippen LogP contribution in [0.5, 0.6) is 0 Å². The molecule has 84 valence electrons. The molecule has 6 nitrogen and oxygen atoms in total. The summed E-state index contributed by atoms with van der Waals surface area (Å²) in [5.41, 5.74) is 1.77. The van der Waals surface area contributed by atoms with Gasteiger partial charge in [0.25, 0.3) is 0 Å². The molecule has 6 heteroatoms. The van der Waals surface area contributed by atoms with Crippen LogP contribution in [-0.2, 0) is 0 Å². The van der Waals surface area contributed by atoms with Crippen molar-refractivity contribution in [2.75, 3.05) is 0 Å². The lowest BCUT2D eigenvalue weighted by atomic mass is 10.2. The van der Waals surface area contributed by atoms with Crippen molar-refractivity contribution in [1.29, 1.82) is 0 Å². The molecular formula is C11H7N4O2-. The highest BCUT2D eigenvalue weighted by molar-refractivity contribution is 5.84. The van der Waals surface area contributed by atoms with Gasteiger partial charge in [0.15, 0.2) is 5.65 Å². The van der Waals surface area contributed by atoms with Crippen molar-refractivity contribution in [1.82, 2.24) is 19.6 Å². The zero-order chi connectivity index (χ0) is 11.8. The molecule has 0 radical (unpaired) electrons. The first-order chi connectivity index (χ1) is 8.24. The lowest BCUT2D eigenvalue weighted by molar-refractivity contribution is -0.255. The molecule has 0 atom stereocenters. The lowest BCUT2D eigenvalue weighted by Gasteiger charge is -2.02. The van der Waals surface area contributed by atoms with Crippen molar-refractivity contribution in [2.45, 2.75) is 0 Å². The quantitative estimate of drug-likeness (QED) is 0.672. The molecule has 0 aromatic carbocycles. The molecule has 3 heterocycles. The van der Waals surface area contributed by atoms with Crippen LogP contribution in [0.3, 0.4) is 0 Å². The van der Waals surface area contributed by atoms with Crippen molar-refractivity contribution < 1.29 is 9.90 Å². The summed E-state index contributed by atoms with van der Waals surface area (Å²) in [6.45, 7) is 0. The number of H-pyrrole nitrogens is 1. The number of hydrogen-bond donors (Lipinski definition) is 1. The Hall–Kier alpha value is -2.63. The van der Waals surface area contributed by atoms with E-state index < -0.39 is 5.97 Å². The van der Waals surface area contributed by atoms with Crippen LogP contribution in [0.1, 0.15) is 10.5 Å². The number of hydrogen-bond acceptors (Lipinski definition) is 4. The Labute approximate surface area is 95.5 Å². The Kier molecular flexibility index (Phi) is 1.94. The third kappa shape index (κ3) is 1.55. The number of carbonyl (C=O) groups excluding carboxylic acids is 1. The van der Waals surface area contributed by atoms with Gasteiger partial charge in [0.1, 0.15) is 5.69 Å². The number of nitrogens with one attached hydrogen (secondary N) is 1. The van der Waals surface area contributed by atoms with Gasteiger partial charge in [-0.05, 0) is 12.1 Å².